The van der Waals surface area contributed by atoms with E-state index in [9.17, 15) is 13.2 Å². The van der Waals surface area contributed by atoms with Crippen LogP contribution >= 0.6 is 0 Å². The van der Waals surface area contributed by atoms with Crippen LogP contribution in [-0.2, 0) is 17.9 Å². The van der Waals surface area contributed by atoms with Gasteiger partial charge in [-0.1, -0.05) is 31.2 Å². The van der Waals surface area contributed by atoms with E-state index in [0.29, 0.717) is 6.61 Å². The van der Waals surface area contributed by atoms with E-state index in [-0.39, 0.29) is 13.0 Å². The van der Waals surface area contributed by atoms with Crippen LogP contribution in [0.25, 0.3) is 0 Å². The van der Waals surface area contributed by atoms with Crippen molar-refractivity contribution in [1.82, 2.24) is 5.32 Å². The van der Waals surface area contributed by atoms with Gasteiger partial charge in [0.1, 0.15) is 0 Å². The molecule has 5 heteroatoms. The molecular formula is C14H20F3NO. The standard InChI is InChI=1S/C14H20F3NO/c1-2-18-10-12-5-3-6-13(9-12)11-19-8-4-7-14(15,16)17/h3,5-6,9,18H,2,4,7-8,10-11H2,1H3. The zero-order chi connectivity index (χ0) is 14.1. The molecule has 1 aromatic rings. The Hall–Kier alpha value is -1.07. The average molecular weight is 275 g/mol. The zero-order valence-electron chi connectivity index (χ0n) is 11.1. The van der Waals surface area contributed by atoms with Gasteiger partial charge in [0.25, 0.3) is 0 Å². The molecule has 0 aliphatic carbocycles. The largest absolute Gasteiger partial charge is 0.389 e. The van der Waals surface area contributed by atoms with E-state index >= 15 is 0 Å². The second-order valence-electron chi connectivity index (χ2n) is 4.37. The summed E-state index contributed by atoms with van der Waals surface area (Å²) in [5, 5.41) is 3.22. The van der Waals surface area contributed by atoms with Crippen molar-refractivity contribution < 1.29 is 17.9 Å². The Morgan fingerprint density at radius 3 is 2.63 bits per heavy atom. The van der Waals surface area contributed by atoms with Crippen molar-refractivity contribution in [3.63, 3.8) is 0 Å². The van der Waals surface area contributed by atoms with Gasteiger partial charge in [-0.3, -0.25) is 0 Å². The smallest absolute Gasteiger partial charge is 0.377 e. The summed E-state index contributed by atoms with van der Waals surface area (Å²) < 4.78 is 41.0. The fraction of sp³-hybridized carbons (Fsp3) is 0.571. The number of ether oxygens (including phenoxy) is 1. The van der Waals surface area contributed by atoms with Gasteiger partial charge in [0.15, 0.2) is 0 Å². The molecule has 0 amide bonds. The molecule has 2 nitrogen and oxygen atoms in total. The Bertz CT molecular complexity index is 366. The molecule has 0 aromatic heterocycles. The number of rotatable bonds is 8. The quantitative estimate of drug-likeness (QED) is 0.731. The number of alkyl halides is 3. The minimum atomic E-state index is -4.09. The lowest BCUT2D eigenvalue weighted by Crippen LogP contribution is -2.12. The molecule has 0 bridgehead atoms. The summed E-state index contributed by atoms with van der Waals surface area (Å²) in [5.74, 6) is 0. The molecular weight excluding hydrogens is 255 g/mol. The first kappa shape index (κ1) is 16.0. The van der Waals surface area contributed by atoms with Gasteiger partial charge in [0, 0.05) is 19.6 Å². The van der Waals surface area contributed by atoms with Crippen LogP contribution in [0.1, 0.15) is 30.9 Å². The monoisotopic (exact) mass is 275 g/mol. The zero-order valence-corrected chi connectivity index (χ0v) is 11.1. The molecule has 0 radical (unpaired) electrons. The van der Waals surface area contributed by atoms with E-state index in [1.807, 2.05) is 31.2 Å². The lowest BCUT2D eigenvalue weighted by molar-refractivity contribution is -0.138. The van der Waals surface area contributed by atoms with E-state index < -0.39 is 12.6 Å². The second-order valence-corrected chi connectivity index (χ2v) is 4.37. The lowest BCUT2D eigenvalue weighted by atomic mass is 10.1. The fourth-order valence-corrected chi connectivity index (χ4v) is 1.66. The molecule has 19 heavy (non-hydrogen) atoms. The Morgan fingerprint density at radius 2 is 1.95 bits per heavy atom. The van der Waals surface area contributed by atoms with Crippen LogP contribution in [0.3, 0.4) is 0 Å². The molecule has 0 heterocycles. The van der Waals surface area contributed by atoms with E-state index in [1.54, 1.807) is 0 Å². The first-order valence-electron chi connectivity index (χ1n) is 6.44. The summed E-state index contributed by atoms with van der Waals surface area (Å²) in [6.45, 7) is 4.22. The SMILES string of the molecule is CCNCc1cccc(COCCCC(F)(F)F)c1. The van der Waals surface area contributed by atoms with E-state index in [1.165, 1.54) is 0 Å². The third kappa shape index (κ3) is 7.85. The Balaban J connectivity index is 2.25. The van der Waals surface area contributed by atoms with Crippen molar-refractivity contribution in [3.05, 3.63) is 35.4 Å². The summed E-state index contributed by atoms with van der Waals surface area (Å²) in [7, 11) is 0. The topological polar surface area (TPSA) is 21.3 Å². The van der Waals surface area contributed by atoms with Crippen LogP contribution in [0.15, 0.2) is 24.3 Å². The number of hydrogen-bond donors (Lipinski definition) is 1. The number of hydrogen-bond acceptors (Lipinski definition) is 2. The predicted octanol–water partition coefficient (Wildman–Crippen LogP) is 3.66. The van der Waals surface area contributed by atoms with Crippen molar-refractivity contribution in [1.29, 1.82) is 0 Å². The molecule has 108 valence electrons. The van der Waals surface area contributed by atoms with Gasteiger partial charge in [-0.25, -0.2) is 0 Å². The Morgan fingerprint density at radius 1 is 1.21 bits per heavy atom. The van der Waals surface area contributed by atoms with Crippen molar-refractivity contribution >= 4 is 0 Å². The average Bonchev–Trinajstić information content (AvgIpc) is 2.35. The fourth-order valence-electron chi connectivity index (χ4n) is 1.66. The van der Waals surface area contributed by atoms with Gasteiger partial charge in [0.05, 0.1) is 6.61 Å². The van der Waals surface area contributed by atoms with Crippen LogP contribution < -0.4 is 5.32 Å². The number of nitrogens with one attached hydrogen (secondary N) is 1. The minimum Gasteiger partial charge on any atom is -0.377 e. The van der Waals surface area contributed by atoms with Crippen LogP contribution in [0.4, 0.5) is 13.2 Å². The van der Waals surface area contributed by atoms with Crippen molar-refractivity contribution in [2.45, 2.75) is 39.1 Å². The molecule has 0 aliphatic heterocycles. The highest BCUT2D eigenvalue weighted by atomic mass is 19.4. The Labute approximate surface area is 112 Å². The van der Waals surface area contributed by atoms with Gasteiger partial charge in [-0.15, -0.1) is 0 Å². The van der Waals surface area contributed by atoms with Gasteiger partial charge >= 0.3 is 6.18 Å². The maximum atomic E-state index is 11.9. The second kappa shape index (κ2) is 8.17. The maximum Gasteiger partial charge on any atom is 0.389 e. The van der Waals surface area contributed by atoms with Gasteiger partial charge in [-0.05, 0) is 24.1 Å². The molecule has 0 aliphatic rings. The molecule has 0 fully saturated rings. The molecule has 1 rings (SSSR count). The molecule has 0 spiro atoms. The maximum absolute atomic E-state index is 11.9. The van der Waals surface area contributed by atoms with Crippen LogP contribution in [0, 0.1) is 0 Å². The third-order valence-electron chi connectivity index (χ3n) is 2.59. The van der Waals surface area contributed by atoms with E-state index in [0.717, 1.165) is 24.2 Å². The number of halogens is 3. The van der Waals surface area contributed by atoms with E-state index in [2.05, 4.69) is 5.32 Å². The Kier molecular flexibility index (Phi) is 6.87. The molecule has 0 unspecified atom stereocenters. The van der Waals surface area contributed by atoms with Crippen LogP contribution in [-0.4, -0.2) is 19.3 Å². The summed E-state index contributed by atoms with van der Waals surface area (Å²) in [6, 6.07) is 7.86. The lowest BCUT2D eigenvalue weighted by Gasteiger charge is -2.08. The molecule has 1 aromatic carbocycles. The van der Waals surface area contributed by atoms with Crippen LogP contribution in [0.5, 0.6) is 0 Å². The van der Waals surface area contributed by atoms with Crippen molar-refractivity contribution in [2.24, 2.45) is 0 Å². The highest BCUT2D eigenvalue weighted by Gasteiger charge is 2.25. The molecule has 1 N–H and O–H groups in total. The highest BCUT2D eigenvalue weighted by Crippen LogP contribution is 2.21. The summed E-state index contributed by atoms with van der Waals surface area (Å²) in [6.07, 6.45) is -4.86. The predicted molar refractivity (Wildman–Crippen MR) is 68.8 cm³/mol. The van der Waals surface area contributed by atoms with Crippen molar-refractivity contribution in [2.75, 3.05) is 13.2 Å². The first-order chi connectivity index (χ1) is 9.01. The van der Waals surface area contributed by atoms with Gasteiger partial charge in [0.2, 0.25) is 0 Å². The van der Waals surface area contributed by atoms with Gasteiger partial charge < -0.3 is 10.1 Å². The first-order valence-corrected chi connectivity index (χ1v) is 6.44. The van der Waals surface area contributed by atoms with Gasteiger partial charge in [-0.2, -0.15) is 13.2 Å². The summed E-state index contributed by atoms with van der Waals surface area (Å²) in [4.78, 5) is 0. The molecule has 0 saturated heterocycles. The summed E-state index contributed by atoms with van der Waals surface area (Å²) in [5.41, 5.74) is 2.14. The van der Waals surface area contributed by atoms with E-state index in [4.69, 9.17) is 4.74 Å². The number of benzene rings is 1. The van der Waals surface area contributed by atoms with Crippen LogP contribution in [0.2, 0.25) is 0 Å². The normalized spacial score (nSPS) is 11.8. The minimum absolute atomic E-state index is 0.0145. The third-order valence-corrected chi connectivity index (χ3v) is 2.59. The van der Waals surface area contributed by atoms with Crippen molar-refractivity contribution in [3.8, 4) is 0 Å². The molecule has 0 saturated carbocycles. The summed E-state index contributed by atoms with van der Waals surface area (Å²) >= 11 is 0. The molecule has 0 atom stereocenters. The highest BCUT2D eigenvalue weighted by molar-refractivity contribution is 5.22.